The monoisotopic (exact) mass is 485 g/mol. The number of fused-ring (bicyclic) bond motifs is 1. The van der Waals surface area contributed by atoms with Gasteiger partial charge in [-0.05, 0) is 52.7 Å². The fourth-order valence-corrected chi connectivity index (χ4v) is 5.26. The fourth-order valence-electron chi connectivity index (χ4n) is 3.74. The van der Waals surface area contributed by atoms with E-state index in [1.54, 1.807) is 6.08 Å². The Hall–Kier alpha value is -3.81. The molecule has 0 saturated heterocycles. The van der Waals surface area contributed by atoms with E-state index in [2.05, 4.69) is 10.6 Å². The smallest absolute Gasteiger partial charge is 0.251 e. The second kappa shape index (κ2) is 10.4. The van der Waals surface area contributed by atoms with Crippen LogP contribution in [0.4, 0.5) is 5.00 Å². The van der Waals surface area contributed by atoms with E-state index in [0.717, 1.165) is 32.3 Å². The summed E-state index contributed by atoms with van der Waals surface area (Å²) in [5.74, 6) is -0.913. The van der Waals surface area contributed by atoms with E-state index >= 15 is 0 Å². The maximum Gasteiger partial charge on any atom is 0.251 e. The van der Waals surface area contributed by atoms with Crippen molar-refractivity contribution in [3.63, 3.8) is 0 Å². The molecule has 1 heterocycles. The first-order valence-electron chi connectivity index (χ1n) is 10.7. The molecular formula is C27H23N3O2S2. The van der Waals surface area contributed by atoms with Crippen LogP contribution < -0.4 is 16.4 Å². The summed E-state index contributed by atoms with van der Waals surface area (Å²) in [5, 5.41) is 8.40. The van der Waals surface area contributed by atoms with Crippen molar-refractivity contribution in [2.24, 2.45) is 5.73 Å². The lowest BCUT2D eigenvalue weighted by Gasteiger charge is -2.08. The third kappa shape index (κ3) is 5.39. The lowest BCUT2D eigenvalue weighted by atomic mass is 10.0. The van der Waals surface area contributed by atoms with Crippen LogP contribution in [0.5, 0.6) is 0 Å². The predicted molar refractivity (Wildman–Crippen MR) is 144 cm³/mol. The summed E-state index contributed by atoms with van der Waals surface area (Å²) in [6.07, 6.45) is 3.86. The van der Waals surface area contributed by atoms with Crippen molar-refractivity contribution in [1.29, 1.82) is 0 Å². The van der Waals surface area contributed by atoms with Crippen molar-refractivity contribution < 1.29 is 9.59 Å². The highest BCUT2D eigenvalue weighted by molar-refractivity contribution is 7.80. The normalized spacial score (nSPS) is 11.0. The summed E-state index contributed by atoms with van der Waals surface area (Å²) >= 11 is 6.73. The number of amides is 2. The highest BCUT2D eigenvalue weighted by Crippen LogP contribution is 2.34. The van der Waals surface area contributed by atoms with Gasteiger partial charge in [-0.25, -0.2) is 0 Å². The van der Waals surface area contributed by atoms with Crippen LogP contribution in [-0.4, -0.2) is 16.9 Å². The van der Waals surface area contributed by atoms with Crippen LogP contribution in [0.2, 0.25) is 0 Å². The molecule has 0 unspecified atom stereocenters. The Morgan fingerprint density at radius 2 is 1.71 bits per heavy atom. The van der Waals surface area contributed by atoms with Gasteiger partial charge in [-0.1, -0.05) is 72.8 Å². The number of rotatable bonds is 6. The molecule has 4 rings (SSSR count). The molecule has 4 N–H and O–H groups in total. The summed E-state index contributed by atoms with van der Waals surface area (Å²) in [7, 11) is 0. The first-order valence-corrected chi connectivity index (χ1v) is 11.9. The van der Waals surface area contributed by atoms with Gasteiger partial charge < -0.3 is 11.1 Å². The standard InChI is InChI=1S/C27H23N3O2S2/c1-17-22(16-18-8-3-2-4-9-18)34-26(24(17)25(28)32)30-27(33)29-23(31)15-14-20-12-7-11-19-10-5-6-13-21(19)20/h2-15H,16H2,1H3,(H2,28,32)(H2,29,30,31,33). The Bertz CT molecular complexity index is 1400. The van der Waals surface area contributed by atoms with Crippen LogP contribution in [0.3, 0.4) is 0 Å². The molecule has 0 aliphatic carbocycles. The molecule has 0 atom stereocenters. The molecule has 170 valence electrons. The maximum atomic E-state index is 12.5. The summed E-state index contributed by atoms with van der Waals surface area (Å²) in [5.41, 5.74) is 8.91. The van der Waals surface area contributed by atoms with E-state index in [1.807, 2.05) is 79.7 Å². The van der Waals surface area contributed by atoms with Gasteiger partial charge in [-0.2, -0.15) is 0 Å². The van der Waals surface area contributed by atoms with Crippen molar-refractivity contribution in [2.75, 3.05) is 5.32 Å². The summed E-state index contributed by atoms with van der Waals surface area (Å²) in [4.78, 5) is 25.6. The average Bonchev–Trinajstić information content (AvgIpc) is 3.12. The number of nitrogens with one attached hydrogen (secondary N) is 2. The number of primary amides is 1. The SMILES string of the molecule is Cc1c(Cc2ccccc2)sc(NC(=S)NC(=O)C=Cc2cccc3ccccc23)c1C(N)=O. The number of thiophene rings is 1. The topological polar surface area (TPSA) is 84.2 Å². The fraction of sp³-hybridized carbons (Fsp3) is 0.0741. The molecular weight excluding hydrogens is 462 g/mol. The molecule has 34 heavy (non-hydrogen) atoms. The molecule has 0 aliphatic heterocycles. The van der Waals surface area contributed by atoms with Gasteiger partial charge >= 0.3 is 0 Å². The number of hydrogen-bond acceptors (Lipinski definition) is 4. The Morgan fingerprint density at radius 1 is 1.00 bits per heavy atom. The maximum absolute atomic E-state index is 12.5. The highest BCUT2D eigenvalue weighted by Gasteiger charge is 2.20. The number of hydrogen-bond donors (Lipinski definition) is 3. The van der Waals surface area contributed by atoms with Crippen LogP contribution in [0.25, 0.3) is 16.8 Å². The van der Waals surface area contributed by atoms with E-state index in [1.165, 1.54) is 17.4 Å². The Morgan fingerprint density at radius 3 is 2.47 bits per heavy atom. The molecule has 0 saturated carbocycles. The van der Waals surface area contributed by atoms with Gasteiger partial charge in [0.25, 0.3) is 5.91 Å². The Balaban J connectivity index is 1.47. The third-order valence-electron chi connectivity index (χ3n) is 5.40. The lowest BCUT2D eigenvalue weighted by molar-refractivity contribution is -0.115. The summed E-state index contributed by atoms with van der Waals surface area (Å²) < 4.78 is 0. The number of anilines is 1. The lowest BCUT2D eigenvalue weighted by Crippen LogP contribution is -2.33. The van der Waals surface area contributed by atoms with Gasteiger partial charge in [0.15, 0.2) is 5.11 Å². The zero-order chi connectivity index (χ0) is 24.1. The minimum absolute atomic E-state index is 0.0996. The number of nitrogens with two attached hydrogens (primary N) is 1. The van der Waals surface area contributed by atoms with E-state index < -0.39 is 5.91 Å². The van der Waals surface area contributed by atoms with Crippen LogP contribution in [0.1, 0.15) is 31.9 Å². The predicted octanol–water partition coefficient (Wildman–Crippen LogP) is 5.43. The van der Waals surface area contributed by atoms with E-state index in [-0.39, 0.29) is 11.0 Å². The van der Waals surface area contributed by atoms with E-state index in [0.29, 0.717) is 17.0 Å². The molecule has 2 amide bonds. The minimum Gasteiger partial charge on any atom is -0.365 e. The molecule has 7 heteroatoms. The zero-order valence-electron chi connectivity index (χ0n) is 18.5. The van der Waals surface area contributed by atoms with Crippen LogP contribution in [0, 0.1) is 6.92 Å². The quantitative estimate of drug-likeness (QED) is 0.251. The number of carbonyl (C=O) groups is 2. The van der Waals surface area contributed by atoms with Crippen molar-refractivity contribution in [3.8, 4) is 0 Å². The number of carbonyl (C=O) groups excluding carboxylic acids is 2. The second-order valence-corrected chi connectivity index (χ2v) is 9.24. The zero-order valence-corrected chi connectivity index (χ0v) is 20.1. The Kier molecular flexibility index (Phi) is 7.15. The Labute approximate surface area is 207 Å². The van der Waals surface area contributed by atoms with Crippen molar-refractivity contribution in [1.82, 2.24) is 5.32 Å². The molecule has 0 fully saturated rings. The van der Waals surface area contributed by atoms with Gasteiger partial charge in [-0.15, -0.1) is 11.3 Å². The van der Waals surface area contributed by atoms with Crippen molar-refractivity contribution in [3.05, 3.63) is 106 Å². The van der Waals surface area contributed by atoms with Gasteiger partial charge in [0.05, 0.1) is 5.56 Å². The second-order valence-electron chi connectivity index (χ2n) is 7.73. The molecule has 4 aromatic rings. The molecule has 0 bridgehead atoms. The molecule has 0 aliphatic rings. The first-order chi connectivity index (χ1) is 16.4. The van der Waals surface area contributed by atoms with Crippen molar-refractivity contribution in [2.45, 2.75) is 13.3 Å². The van der Waals surface area contributed by atoms with Crippen LogP contribution in [0.15, 0.2) is 78.9 Å². The van der Waals surface area contributed by atoms with E-state index in [9.17, 15) is 9.59 Å². The summed E-state index contributed by atoms with van der Waals surface area (Å²) in [6, 6.07) is 23.9. The first kappa shape index (κ1) is 23.4. The summed E-state index contributed by atoms with van der Waals surface area (Å²) in [6.45, 7) is 1.87. The average molecular weight is 486 g/mol. The largest absolute Gasteiger partial charge is 0.365 e. The van der Waals surface area contributed by atoms with Gasteiger partial charge in [0, 0.05) is 17.4 Å². The van der Waals surface area contributed by atoms with Gasteiger partial charge in [-0.3, -0.25) is 14.9 Å². The van der Waals surface area contributed by atoms with Crippen molar-refractivity contribution >= 4 is 62.3 Å². The third-order valence-corrected chi connectivity index (χ3v) is 6.81. The minimum atomic E-state index is -0.541. The van der Waals surface area contributed by atoms with E-state index in [4.69, 9.17) is 18.0 Å². The molecule has 0 spiro atoms. The van der Waals surface area contributed by atoms with Gasteiger partial charge in [0.1, 0.15) is 5.00 Å². The van der Waals surface area contributed by atoms with Gasteiger partial charge in [0.2, 0.25) is 5.91 Å². The highest BCUT2D eigenvalue weighted by atomic mass is 32.1. The number of thiocarbonyl (C=S) groups is 1. The molecule has 5 nitrogen and oxygen atoms in total. The number of benzene rings is 3. The molecule has 3 aromatic carbocycles. The molecule has 0 radical (unpaired) electrons. The molecule has 1 aromatic heterocycles. The van der Waals surface area contributed by atoms with Crippen LogP contribution >= 0.6 is 23.6 Å². The van der Waals surface area contributed by atoms with Crippen LogP contribution in [-0.2, 0) is 11.2 Å².